The number of hydrogen-bond acceptors (Lipinski definition) is 4. The Hall–Kier alpha value is -2.54. The number of aryl methyl sites for hydroxylation is 2. The fraction of sp³-hybridized carbons (Fsp3) is 0.381. The van der Waals surface area contributed by atoms with Gasteiger partial charge in [0.05, 0.1) is 16.1 Å². The van der Waals surface area contributed by atoms with E-state index in [0.29, 0.717) is 5.92 Å². The molecule has 0 atom stereocenters. The molecule has 0 unspecified atom stereocenters. The number of nitrogens with zero attached hydrogens (tertiary/aromatic N) is 1. The van der Waals surface area contributed by atoms with Crippen LogP contribution in [0.25, 0.3) is 0 Å². The van der Waals surface area contributed by atoms with E-state index < -0.39 is 16.0 Å². The zero-order valence-electron chi connectivity index (χ0n) is 16.4. The van der Waals surface area contributed by atoms with Crippen molar-refractivity contribution in [1.82, 2.24) is 0 Å². The molecular formula is C21H26N2O4S. The first-order valence-electron chi connectivity index (χ1n) is 9.40. The van der Waals surface area contributed by atoms with E-state index in [1.54, 1.807) is 24.3 Å². The average molecular weight is 403 g/mol. The molecule has 0 aromatic heterocycles. The standard InChI is InChI=1S/C21H26N2O4S/c1-14-8-10-23(11-9-14)17-5-7-20(19(13-17)21(24)25)22-28(26,27)18-6-4-15(2)16(3)12-18/h4-7,12-14,22H,8-11H2,1-3H3,(H,24,25). The van der Waals surface area contributed by atoms with Gasteiger partial charge in [0.25, 0.3) is 10.0 Å². The van der Waals surface area contributed by atoms with Crippen LogP contribution in [0.1, 0.15) is 41.3 Å². The van der Waals surface area contributed by atoms with Crippen molar-refractivity contribution in [2.24, 2.45) is 5.92 Å². The van der Waals surface area contributed by atoms with E-state index in [9.17, 15) is 18.3 Å². The van der Waals surface area contributed by atoms with Gasteiger partial charge < -0.3 is 10.0 Å². The third-order valence-electron chi connectivity index (χ3n) is 5.42. The lowest BCUT2D eigenvalue weighted by atomic mass is 9.98. The Morgan fingerprint density at radius 1 is 1.07 bits per heavy atom. The van der Waals surface area contributed by atoms with E-state index in [0.717, 1.165) is 42.7 Å². The summed E-state index contributed by atoms with van der Waals surface area (Å²) in [5.41, 5.74) is 2.67. The first kappa shape index (κ1) is 20.2. The number of anilines is 2. The Kier molecular flexibility index (Phi) is 5.65. The number of rotatable bonds is 5. The van der Waals surface area contributed by atoms with Crippen molar-refractivity contribution < 1.29 is 18.3 Å². The number of piperidine rings is 1. The summed E-state index contributed by atoms with van der Waals surface area (Å²) in [6, 6.07) is 9.71. The molecule has 2 N–H and O–H groups in total. The predicted octanol–water partition coefficient (Wildman–Crippen LogP) is 4.04. The highest BCUT2D eigenvalue weighted by Crippen LogP contribution is 2.29. The summed E-state index contributed by atoms with van der Waals surface area (Å²) in [5, 5.41) is 9.63. The zero-order chi connectivity index (χ0) is 20.5. The molecule has 0 bridgehead atoms. The van der Waals surface area contributed by atoms with Gasteiger partial charge in [0, 0.05) is 18.8 Å². The van der Waals surface area contributed by atoms with Gasteiger partial charge >= 0.3 is 5.97 Å². The van der Waals surface area contributed by atoms with Crippen LogP contribution in [-0.2, 0) is 10.0 Å². The summed E-state index contributed by atoms with van der Waals surface area (Å²) < 4.78 is 27.9. The molecule has 7 heteroatoms. The first-order valence-corrected chi connectivity index (χ1v) is 10.9. The lowest BCUT2D eigenvalue weighted by molar-refractivity contribution is 0.0698. The maximum atomic E-state index is 12.7. The summed E-state index contributed by atoms with van der Waals surface area (Å²) in [6.45, 7) is 7.69. The second-order valence-electron chi connectivity index (χ2n) is 7.56. The SMILES string of the molecule is Cc1ccc(S(=O)(=O)Nc2ccc(N3CCC(C)CC3)cc2C(=O)O)cc1C. The molecule has 1 fully saturated rings. The monoisotopic (exact) mass is 402 g/mol. The van der Waals surface area contributed by atoms with E-state index in [-0.39, 0.29) is 16.1 Å². The van der Waals surface area contributed by atoms with Crippen molar-refractivity contribution in [3.05, 3.63) is 53.1 Å². The van der Waals surface area contributed by atoms with E-state index in [2.05, 4.69) is 16.5 Å². The molecule has 3 rings (SSSR count). The number of aromatic carboxylic acids is 1. The van der Waals surface area contributed by atoms with Crippen LogP contribution in [0, 0.1) is 19.8 Å². The van der Waals surface area contributed by atoms with Crippen molar-refractivity contribution in [2.75, 3.05) is 22.7 Å². The third kappa shape index (κ3) is 4.30. The van der Waals surface area contributed by atoms with Gasteiger partial charge in [-0.05, 0) is 74.1 Å². The Bertz CT molecular complexity index is 993. The molecule has 1 aliphatic rings. The molecule has 28 heavy (non-hydrogen) atoms. The molecular weight excluding hydrogens is 376 g/mol. The van der Waals surface area contributed by atoms with Crippen LogP contribution in [0.5, 0.6) is 0 Å². The molecule has 0 spiro atoms. The van der Waals surface area contributed by atoms with Crippen LogP contribution < -0.4 is 9.62 Å². The Morgan fingerprint density at radius 3 is 2.36 bits per heavy atom. The highest BCUT2D eigenvalue weighted by atomic mass is 32.2. The molecule has 0 radical (unpaired) electrons. The fourth-order valence-corrected chi connectivity index (χ4v) is 4.51. The smallest absolute Gasteiger partial charge is 0.337 e. The molecule has 2 aromatic rings. The second kappa shape index (κ2) is 7.83. The van der Waals surface area contributed by atoms with Gasteiger partial charge in [-0.3, -0.25) is 4.72 Å². The Labute approximate surface area is 166 Å². The molecule has 0 amide bonds. The summed E-state index contributed by atoms with van der Waals surface area (Å²) in [7, 11) is -3.88. The lowest BCUT2D eigenvalue weighted by Crippen LogP contribution is -2.32. The average Bonchev–Trinajstić information content (AvgIpc) is 2.64. The van der Waals surface area contributed by atoms with Gasteiger partial charge in [-0.2, -0.15) is 0 Å². The Balaban J connectivity index is 1.90. The molecule has 0 aliphatic carbocycles. The van der Waals surface area contributed by atoms with Gasteiger partial charge in [0.1, 0.15) is 0 Å². The van der Waals surface area contributed by atoms with Crippen LogP contribution in [0.15, 0.2) is 41.3 Å². The number of carbonyl (C=O) groups is 1. The third-order valence-corrected chi connectivity index (χ3v) is 6.78. The molecule has 0 saturated carbocycles. The number of sulfonamides is 1. The van der Waals surface area contributed by atoms with Gasteiger partial charge in [-0.15, -0.1) is 0 Å². The lowest BCUT2D eigenvalue weighted by Gasteiger charge is -2.32. The highest BCUT2D eigenvalue weighted by Gasteiger charge is 2.22. The molecule has 150 valence electrons. The van der Waals surface area contributed by atoms with Crippen LogP contribution in [-0.4, -0.2) is 32.6 Å². The minimum Gasteiger partial charge on any atom is -0.478 e. The largest absolute Gasteiger partial charge is 0.478 e. The predicted molar refractivity (Wildman–Crippen MR) is 111 cm³/mol. The van der Waals surface area contributed by atoms with Crippen LogP contribution in [0.3, 0.4) is 0 Å². The number of carboxylic acids is 1. The molecule has 1 aliphatic heterocycles. The van der Waals surface area contributed by atoms with Gasteiger partial charge in [0.15, 0.2) is 0 Å². The molecule has 1 saturated heterocycles. The second-order valence-corrected chi connectivity index (χ2v) is 9.24. The number of carboxylic acid groups (broad SMARTS) is 1. The number of benzene rings is 2. The van der Waals surface area contributed by atoms with E-state index >= 15 is 0 Å². The van der Waals surface area contributed by atoms with Crippen molar-refractivity contribution in [3.8, 4) is 0 Å². The Morgan fingerprint density at radius 2 is 1.75 bits per heavy atom. The fourth-order valence-electron chi connectivity index (χ4n) is 3.35. The van der Waals surface area contributed by atoms with Crippen LogP contribution in [0.4, 0.5) is 11.4 Å². The van der Waals surface area contributed by atoms with Crippen molar-refractivity contribution in [3.63, 3.8) is 0 Å². The van der Waals surface area contributed by atoms with Crippen LogP contribution in [0.2, 0.25) is 0 Å². The minimum atomic E-state index is -3.88. The summed E-state index contributed by atoms with van der Waals surface area (Å²) >= 11 is 0. The summed E-state index contributed by atoms with van der Waals surface area (Å²) in [4.78, 5) is 14.0. The molecule has 2 aromatic carbocycles. The maximum Gasteiger partial charge on any atom is 0.337 e. The van der Waals surface area contributed by atoms with E-state index in [1.165, 1.54) is 12.1 Å². The maximum absolute atomic E-state index is 12.7. The van der Waals surface area contributed by atoms with E-state index in [4.69, 9.17) is 0 Å². The molecule has 1 heterocycles. The highest BCUT2D eigenvalue weighted by molar-refractivity contribution is 7.92. The summed E-state index contributed by atoms with van der Waals surface area (Å²) in [6.07, 6.45) is 2.12. The number of hydrogen-bond donors (Lipinski definition) is 2. The topological polar surface area (TPSA) is 86.7 Å². The normalized spacial score (nSPS) is 15.5. The van der Waals surface area contributed by atoms with Crippen molar-refractivity contribution >= 4 is 27.4 Å². The quantitative estimate of drug-likeness (QED) is 0.788. The summed E-state index contributed by atoms with van der Waals surface area (Å²) in [5.74, 6) is -0.496. The zero-order valence-corrected chi connectivity index (χ0v) is 17.2. The van der Waals surface area contributed by atoms with Crippen molar-refractivity contribution in [2.45, 2.75) is 38.5 Å². The van der Waals surface area contributed by atoms with Gasteiger partial charge in [-0.25, -0.2) is 13.2 Å². The number of nitrogens with one attached hydrogen (secondary N) is 1. The molecule has 6 nitrogen and oxygen atoms in total. The van der Waals surface area contributed by atoms with Gasteiger partial charge in [-0.1, -0.05) is 13.0 Å². The van der Waals surface area contributed by atoms with Crippen molar-refractivity contribution in [1.29, 1.82) is 0 Å². The van der Waals surface area contributed by atoms with Gasteiger partial charge in [0.2, 0.25) is 0 Å². The minimum absolute atomic E-state index is 0.0523. The van der Waals surface area contributed by atoms with E-state index in [1.807, 2.05) is 13.8 Å². The first-order chi connectivity index (χ1) is 13.2. The van der Waals surface area contributed by atoms with Crippen LogP contribution >= 0.6 is 0 Å².